The lowest BCUT2D eigenvalue weighted by molar-refractivity contribution is 0.0982. The molecule has 1 aromatic carbocycles. The quantitative estimate of drug-likeness (QED) is 0.745. The lowest BCUT2D eigenvalue weighted by Crippen LogP contribution is -2.01. The van der Waals surface area contributed by atoms with Crippen LogP contribution in [0.4, 0.5) is 5.95 Å². The van der Waals surface area contributed by atoms with E-state index < -0.39 is 0 Å². The highest BCUT2D eigenvalue weighted by molar-refractivity contribution is 5.99. The number of carbonyl (C=O) groups is 1. The van der Waals surface area contributed by atoms with Gasteiger partial charge in [0.2, 0.25) is 5.95 Å². The molecule has 2 heterocycles. The van der Waals surface area contributed by atoms with E-state index in [0.29, 0.717) is 12.2 Å². The molecule has 0 saturated carbocycles. The summed E-state index contributed by atoms with van der Waals surface area (Å²) in [5.41, 5.74) is 7.37. The van der Waals surface area contributed by atoms with E-state index in [0.717, 1.165) is 22.9 Å². The lowest BCUT2D eigenvalue weighted by atomic mass is 10.1. The predicted molar refractivity (Wildman–Crippen MR) is 82.5 cm³/mol. The summed E-state index contributed by atoms with van der Waals surface area (Å²) < 4.78 is 1.93. The van der Waals surface area contributed by atoms with Gasteiger partial charge in [0.05, 0.1) is 5.52 Å². The third-order valence-corrected chi connectivity index (χ3v) is 3.40. The largest absolute Gasteiger partial charge is 0.368 e. The van der Waals surface area contributed by atoms with Crippen molar-refractivity contribution in [1.82, 2.24) is 14.5 Å². The molecule has 0 fully saturated rings. The molecule has 2 aromatic heterocycles. The Morgan fingerprint density at radius 3 is 2.90 bits per heavy atom. The molecular weight excluding hydrogens is 264 g/mol. The zero-order valence-electron chi connectivity index (χ0n) is 11.8. The van der Waals surface area contributed by atoms with Crippen LogP contribution < -0.4 is 5.73 Å². The Labute approximate surface area is 122 Å². The Kier molecular flexibility index (Phi) is 3.39. The highest BCUT2D eigenvalue weighted by Crippen LogP contribution is 2.21. The number of anilines is 1. The third-order valence-electron chi connectivity index (χ3n) is 3.40. The fourth-order valence-electron chi connectivity index (χ4n) is 2.39. The Morgan fingerprint density at radius 1 is 1.29 bits per heavy atom. The highest BCUT2D eigenvalue weighted by atomic mass is 16.1. The summed E-state index contributed by atoms with van der Waals surface area (Å²) >= 11 is 0. The highest BCUT2D eigenvalue weighted by Gasteiger charge is 2.09. The lowest BCUT2D eigenvalue weighted by Gasteiger charge is -2.05. The van der Waals surface area contributed by atoms with Crippen molar-refractivity contribution in [3.05, 3.63) is 48.3 Å². The van der Waals surface area contributed by atoms with Crippen LogP contribution in [0.1, 0.15) is 30.1 Å². The van der Waals surface area contributed by atoms with Crippen molar-refractivity contribution in [3.63, 3.8) is 0 Å². The maximum Gasteiger partial charge on any atom is 0.221 e. The maximum atomic E-state index is 12.0. The molecule has 106 valence electrons. The van der Waals surface area contributed by atoms with E-state index in [1.54, 1.807) is 12.3 Å². The summed E-state index contributed by atoms with van der Waals surface area (Å²) in [5.74, 6) is 1.13. The second-order valence-electron chi connectivity index (χ2n) is 4.91. The fraction of sp³-hybridized carbons (Fsp3) is 0.188. The van der Waals surface area contributed by atoms with E-state index in [1.807, 2.05) is 42.0 Å². The average molecular weight is 280 g/mol. The molecule has 0 atom stereocenters. The number of nitrogens with zero attached hydrogens (tertiary/aromatic N) is 3. The summed E-state index contributed by atoms with van der Waals surface area (Å²) in [6.07, 6.45) is 4.98. The molecule has 0 bridgehead atoms. The monoisotopic (exact) mass is 280 g/mol. The first-order chi connectivity index (χ1) is 10.2. The van der Waals surface area contributed by atoms with Gasteiger partial charge >= 0.3 is 0 Å². The molecule has 0 saturated heterocycles. The van der Waals surface area contributed by atoms with Crippen LogP contribution in [0.15, 0.2) is 42.7 Å². The normalized spacial score (nSPS) is 10.9. The molecule has 0 aliphatic carbocycles. The molecule has 21 heavy (non-hydrogen) atoms. The third kappa shape index (κ3) is 2.50. The van der Waals surface area contributed by atoms with E-state index in [2.05, 4.69) is 9.97 Å². The Hall–Kier alpha value is -2.69. The van der Waals surface area contributed by atoms with Crippen LogP contribution in [0.5, 0.6) is 0 Å². The number of benzene rings is 1. The Balaban J connectivity index is 2.06. The number of nitrogen functional groups attached to an aromatic ring is 1. The summed E-state index contributed by atoms with van der Waals surface area (Å²) in [6, 6.07) is 9.49. The molecule has 2 N–H and O–H groups in total. The number of ketones is 1. The van der Waals surface area contributed by atoms with Crippen molar-refractivity contribution >= 4 is 22.6 Å². The zero-order valence-corrected chi connectivity index (χ0v) is 11.8. The number of carbonyl (C=O) groups excluding carboxylic acids is 1. The fourth-order valence-corrected chi connectivity index (χ4v) is 2.39. The van der Waals surface area contributed by atoms with Gasteiger partial charge in [-0.3, -0.25) is 4.79 Å². The Morgan fingerprint density at radius 2 is 2.14 bits per heavy atom. The number of hydrogen-bond donors (Lipinski definition) is 1. The number of Topliss-reactive ketones (excluding diaryl/α,β-unsaturated/α-hetero) is 1. The summed E-state index contributed by atoms with van der Waals surface area (Å²) in [7, 11) is 0. The number of rotatable bonds is 4. The average Bonchev–Trinajstić information content (AvgIpc) is 2.90. The molecule has 0 unspecified atom stereocenters. The second kappa shape index (κ2) is 5.36. The SMILES string of the molecule is CCCC(=O)c1ccc2c(ccn2-c2ccnc(N)n2)c1. The zero-order chi connectivity index (χ0) is 14.8. The van der Waals surface area contributed by atoms with Gasteiger partial charge in [-0.15, -0.1) is 0 Å². The van der Waals surface area contributed by atoms with E-state index in [9.17, 15) is 4.79 Å². The maximum absolute atomic E-state index is 12.0. The first kappa shape index (κ1) is 13.3. The van der Waals surface area contributed by atoms with Gasteiger partial charge in [0.1, 0.15) is 5.82 Å². The smallest absolute Gasteiger partial charge is 0.221 e. The topological polar surface area (TPSA) is 73.8 Å². The Bertz CT molecular complexity index is 807. The van der Waals surface area contributed by atoms with Gasteiger partial charge in [-0.2, -0.15) is 4.98 Å². The molecule has 0 aliphatic heterocycles. The summed E-state index contributed by atoms with van der Waals surface area (Å²) in [4.78, 5) is 20.1. The molecular formula is C16H16N4O. The van der Waals surface area contributed by atoms with Crippen molar-refractivity contribution in [1.29, 1.82) is 0 Å². The molecule has 0 aliphatic rings. The van der Waals surface area contributed by atoms with E-state index in [4.69, 9.17) is 5.73 Å². The van der Waals surface area contributed by atoms with Gasteiger partial charge in [-0.05, 0) is 36.8 Å². The van der Waals surface area contributed by atoms with Crippen LogP contribution in [0.25, 0.3) is 16.7 Å². The standard InChI is InChI=1S/C16H16N4O/c1-2-3-14(21)12-4-5-13-11(10-12)7-9-20(13)15-6-8-18-16(17)19-15/h4-10H,2-3H2,1H3,(H2,17,18,19). The van der Waals surface area contributed by atoms with Crippen LogP contribution >= 0.6 is 0 Å². The van der Waals surface area contributed by atoms with Crippen molar-refractivity contribution in [2.75, 3.05) is 5.73 Å². The first-order valence-electron chi connectivity index (χ1n) is 6.92. The molecule has 3 rings (SSSR count). The minimum Gasteiger partial charge on any atom is -0.368 e. The minimum absolute atomic E-state index is 0.179. The molecule has 0 radical (unpaired) electrons. The van der Waals surface area contributed by atoms with Crippen molar-refractivity contribution in [2.24, 2.45) is 0 Å². The van der Waals surface area contributed by atoms with Crippen LogP contribution in [0, 0.1) is 0 Å². The van der Waals surface area contributed by atoms with E-state index in [1.165, 1.54) is 0 Å². The van der Waals surface area contributed by atoms with Crippen LogP contribution in [-0.2, 0) is 0 Å². The molecule has 5 heteroatoms. The van der Waals surface area contributed by atoms with E-state index in [-0.39, 0.29) is 11.7 Å². The number of fused-ring (bicyclic) bond motifs is 1. The van der Waals surface area contributed by atoms with Gasteiger partial charge in [-0.25, -0.2) is 4.98 Å². The second-order valence-corrected chi connectivity index (χ2v) is 4.91. The van der Waals surface area contributed by atoms with Gasteiger partial charge < -0.3 is 10.3 Å². The summed E-state index contributed by atoms with van der Waals surface area (Å²) in [5, 5.41) is 1.01. The molecule has 5 nitrogen and oxygen atoms in total. The molecule has 3 aromatic rings. The van der Waals surface area contributed by atoms with Crippen molar-refractivity contribution in [3.8, 4) is 5.82 Å². The van der Waals surface area contributed by atoms with Crippen LogP contribution in [0.2, 0.25) is 0 Å². The van der Waals surface area contributed by atoms with Gasteiger partial charge in [0.15, 0.2) is 5.78 Å². The first-order valence-corrected chi connectivity index (χ1v) is 6.92. The van der Waals surface area contributed by atoms with Gasteiger partial charge in [0, 0.05) is 29.8 Å². The van der Waals surface area contributed by atoms with E-state index >= 15 is 0 Å². The van der Waals surface area contributed by atoms with Crippen LogP contribution in [0.3, 0.4) is 0 Å². The number of hydrogen-bond acceptors (Lipinski definition) is 4. The molecule has 0 spiro atoms. The number of nitrogens with two attached hydrogens (primary N) is 1. The number of aromatic nitrogens is 3. The molecule has 0 amide bonds. The minimum atomic E-state index is 0.179. The summed E-state index contributed by atoms with van der Waals surface area (Å²) in [6.45, 7) is 2.01. The van der Waals surface area contributed by atoms with Crippen molar-refractivity contribution < 1.29 is 4.79 Å². The van der Waals surface area contributed by atoms with Crippen LogP contribution in [-0.4, -0.2) is 20.3 Å². The predicted octanol–water partition coefficient (Wildman–Crippen LogP) is 2.99. The van der Waals surface area contributed by atoms with Gasteiger partial charge in [0.25, 0.3) is 0 Å². The van der Waals surface area contributed by atoms with Gasteiger partial charge in [-0.1, -0.05) is 6.92 Å². The van der Waals surface area contributed by atoms with Crippen molar-refractivity contribution in [2.45, 2.75) is 19.8 Å².